The van der Waals surface area contributed by atoms with Gasteiger partial charge in [0.2, 0.25) is 0 Å². The van der Waals surface area contributed by atoms with Gasteiger partial charge in [-0.1, -0.05) is 0 Å². The highest BCUT2D eigenvalue weighted by Gasteiger charge is 2.21. The minimum absolute atomic E-state index is 0.739. The molecule has 2 aromatic rings. The molecule has 0 aliphatic carbocycles. The monoisotopic (exact) mass is 276 g/mol. The van der Waals surface area contributed by atoms with Crippen LogP contribution in [0.3, 0.4) is 0 Å². The Kier molecular flexibility index (Phi) is 3.94. The normalized spacial score (nSPS) is 20.8. The Morgan fingerprint density at radius 3 is 3.16 bits per heavy atom. The van der Waals surface area contributed by atoms with E-state index in [0.717, 1.165) is 18.9 Å². The van der Waals surface area contributed by atoms with Crippen LogP contribution in [0.2, 0.25) is 0 Å². The largest absolute Gasteiger partial charge is 0.338 e. The van der Waals surface area contributed by atoms with Gasteiger partial charge in [-0.15, -0.1) is 11.3 Å². The lowest BCUT2D eigenvalue weighted by molar-refractivity contribution is 0.166. The number of piperidine rings is 1. The number of nitrogens with zero attached hydrogens (tertiary/aromatic N) is 4. The third kappa shape index (κ3) is 3.22. The quantitative estimate of drug-likeness (QED) is 0.859. The molecule has 2 aromatic heterocycles. The molecule has 0 aromatic carbocycles. The smallest absolute Gasteiger partial charge is 0.108 e. The van der Waals surface area contributed by atoms with Crippen molar-refractivity contribution < 1.29 is 0 Å². The molecule has 1 aliphatic heterocycles. The number of rotatable bonds is 4. The molecule has 0 bridgehead atoms. The molecule has 0 N–H and O–H groups in total. The molecular weight excluding hydrogens is 256 g/mol. The summed E-state index contributed by atoms with van der Waals surface area (Å²) in [7, 11) is 2.08. The van der Waals surface area contributed by atoms with Crippen LogP contribution in [0.4, 0.5) is 0 Å². The summed E-state index contributed by atoms with van der Waals surface area (Å²) in [6.07, 6.45) is 9.65. The first-order valence-electron chi connectivity index (χ1n) is 6.87. The lowest BCUT2D eigenvalue weighted by Gasteiger charge is -2.32. The predicted octanol–water partition coefficient (Wildman–Crippen LogP) is 2.33. The van der Waals surface area contributed by atoms with Gasteiger partial charge in [-0.25, -0.2) is 4.98 Å². The Balaban J connectivity index is 1.57. The van der Waals surface area contributed by atoms with Gasteiger partial charge >= 0.3 is 0 Å². The van der Waals surface area contributed by atoms with Gasteiger partial charge in [0.15, 0.2) is 0 Å². The van der Waals surface area contributed by atoms with Crippen molar-refractivity contribution in [2.75, 3.05) is 13.1 Å². The molecule has 1 atom stereocenters. The van der Waals surface area contributed by atoms with E-state index in [1.54, 1.807) is 11.3 Å². The van der Waals surface area contributed by atoms with Crippen molar-refractivity contribution in [2.24, 2.45) is 13.0 Å². The number of aryl methyl sites for hydroxylation is 1. The first-order chi connectivity index (χ1) is 9.31. The maximum Gasteiger partial charge on any atom is 0.108 e. The lowest BCUT2D eigenvalue weighted by Crippen LogP contribution is -2.35. The molecule has 0 unspecified atom stereocenters. The highest BCUT2D eigenvalue weighted by Crippen LogP contribution is 2.22. The molecule has 19 heavy (non-hydrogen) atoms. The molecule has 3 heterocycles. The Labute approximate surface area is 118 Å². The van der Waals surface area contributed by atoms with E-state index in [4.69, 9.17) is 0 Å². The van der Waals surface area contributed by atoms with E-state index in [1.165, 1.54) is 36.6 Å². The van der Waals surface area contributed by atoms with E-state index in [9.17, 15) is 0 Å². The number of hydrogen-bond acceptors (Lipinski definition) is 4. The zero-order chi connectivity index (χ0) is 13.1. The summed E-state index contributed by atoms with van der Waals surface area (Å²) in [6.45, 7) is 3.46. The maximum absolute atomic E-state index is 4.45. The fraction of sp³-hybridized carbons (Fsp3) is 0.571. The van der Waals surface area contributed by atoms with Crippen molar-refractivity contribution >= 4 is 11.3 Å². The van der Waals surface area contributed by atoms with Crippen molar-refractivity contribution in [3.63, 3.8) is 0 Å². The number of thiazole rings is 1. The topological polar surface area (TPSA) is 34.0 Å². The zero-order valence-corrected chi connectivity index (χ0v) is 12.1. The summed E-state index contributed by atoms with van der Waals surface area (Å²) in [6, 6.07) is 0. The summed E-state index contributed by atoms with van der Waals surface area (Å²) >= 11 is 1.76. The minimum Gasteiger partial charge on any atom is -0.338 e. The molecule has 0 amide bonds. The molecule has 1 aliphatic rings. The molecule has 0 spiro atoms. The standard InChI is InChI=1S/C14H20N4S/c1-17-6-4-16-14(17)7-12-3-2-5-18(9-12)10-13-8-15-11-19-13/h4,6,8,11-12H,2-3,5,7,9-10H2,1H3/t12-/m1/s1. The molecule has 0 saturated carbocycles. The van der Waals surface area contributed by atoms with E-state index < -0.39 is 0 Å². The fourth-order valence-corrected chi connectivity index (χ4v) is 3.49. The number of aromatic nitrogens is 3. The minimum atomic E-state index is 0.739. The Hall–Kier alpha value is -1.20. The number of likely N-dealkylation sites (tertiary alicyclic amines) is 1. The van der Waals surface area contributed by atoms with Gasteiger partial charge in [0.1, 0.15) is 5.82 Å². The van der Waals surface area contributed by atoms with Crippen molar-refractivity contribution in [2.45, 2.75) is 25.8 Å². The summed E-state index contributed by atoms with van der Waals surface area (Å²) in [5.74, 6) is 1.95. The van der Waals surface area contributed by atoms with Gasteiger partial charge in [-0.05, 0) is 25.3 Å². The van der Waals surface area contributed by atoms with Crippen molar-refractivity contribution in [1.29, 1.82) is 0 Å². The second-order valence-electron chi connectivity index (χ2n) is 5.37. The van der Waals surface area contributed by atoms with E-state index in [1.807, 2.05) is 24.1 Å². The SMILES string of the molecule is Cn1ccnc1C[C@H]1CCCN(Cc2cncs2)C1. The summed E-state index contributed by atoms with van der Waals surface area (Å²) < 4.78 is 2.14. The molecule has 0 radical (unpaired) electrons. The third-order valence-electron chi connectivity index (χ3n) is 3.86. The van der Waals surface area contributed by atoms with Gasteiger partial charge < -0.3 is 4.57 Å². The van der Waals surface area contributed by atoms with Crippen LogP contribution in [0.25, 0.3) is 0 Å². The molecule has 4 nitrogen and oxygen atoms in total. The second-order valence-corrected chi connectivity index (χ2v) is 6.34. The molecule has 1 fully saturated rings. The van der Waals surface area contributed by atoms with Crippen molar-refractivity contribution in [3.05, 3.63) is 34.8 Å². The maximum atomic E-state index is 4.45. The first-order valence-corrected chi connectivity index (χ1v) is 7.75. The van der Waals surface area contributed by atoms with Crippen molar-refractivity contribution in [3.8, 4) is 0 Å². The van der Waals surface area contributed by atoms with E-state index in [-0.39, 0.29) is 0 Å². The molecule has 102 valence electrons. The summed E-state index contributed by atoms with van der Waals surface area (Å²) in [5.41, 5.74) is 1.92. The Morgan fingerprint density at radius 2 is 2.42 bits per heavy atom. The highest BCUT2D eigenvalue weighted by atomic mass is 32.1. The van der Waals surface area contributed by atoms with Gasteiger partial charge in [0.05, 0.1) is 5.51 Å². The van der Waals surface area contributed by atoms with Crippen LogP contribution in [0, 0.1) is 5.92 Å². The van der Waals surface area contributed by atoms with E-state index in [0.29, 0.717) is 0 Å². The van der Waals surface area contributed by atoms with Gasteiger partial charge in [0.25, 0.3) is 0 Å². The van der Waals surface area contributed by atoms with Crippen LogP contribution >= 0.6 is 11.3 Å². The average molecular weight is 276 g/mol. The highest BCUT2D eigenvalue weighted by molar-refractivity contribution is 7.09. The summed E-state index contributed by atoms with van der Waals surface area (Å²) in [4.78, 5) is 12.5. The van der Waals surface area contributed by atoms with E-state index >= 15 is 0 Å². The Morgan fingerprint density at radius 1 is 1.47 bits per heavy atom. The molecule has 5 heteroatoms. The summed E-state index contributed by atoms with van der Waals surface area (Å²) in [5, 5.41) is 0. The zero-order valence-electron chi connectivity index (χ0n) is 11.3. The third-order valence-corrected chi connectivity index (χ3v) is 4.62. The first kappa shape index (κ1) is 12.8. The van der Waals surface area contributed by atoms with E-state index in [2.05, 4.69) is 26.5 Å². The number of imidazole rings is 1. The van der Waals surface area contributed by atoms with Gasteiger partial charge in [0, 0.05) is 50.0 Å². The second kappa shape index (κ2) is 5.84. The van der Waals surface area contributed by atoms with Crippen LogP contribution < -0.4 is 0 Å². The van der Waals surface area contributed by atoms with Gasteiger partial charge in [-0.2, -0.15) is 0 Å². The molecule has 1 saturated heterocycles. The predicted molar refractivity (Wildman–Crippen MR) is 77.0 cm³/mol. The molecular formula is C14H20N4S. The van der Waals surface area contributed by atoms with Crippen LogP contribution in [0.15, 0.2) is 24.1 Å². The van der Waals surface area contributed by atoms with Gasteiger partial charge in [-0.3, -0.25) is 9.88 Å². The van der Waals surface area contributed by atoms with Crippen LogP contribution in [-0.2, 0) is 20.0 Å². The average Bonchev–Trinajstić information content (AvgIpc) is 3.03. The fourth-order valence-electron chi connectivity index (χ4n) is 2.85. The Bertz CT molecular complexity index is 505. The van der Waals surface area contributed by atoms with Crippen LogP contribution in [0.1, 0.15) is 23.5 Å². The number of hydrogen-bond donors (Lipinski definition) is 0. The van der Waals surface area contributed by atoms with Crippen molar-refractivity contribution in [1.82, 2.24) is 19.4 Å². The van der Waals surface area contributed by atoms with Crippen LogP contribution in [0.5, 0.6) is 0 Å². The van der Waals surface area contributed by atoms with Crippen LogP contribution in [-0.4, -0.2) is 32.5 Å². The molecule has 3 rings (SSSR count). The lowest BCUT2D eigenvalue weighted by atomic mass is 9.94.